The molecule has 0 aromatic carbocycles. The van der Waals surface area contributed by atoms with Gasteiger partial charge in [0.05, 0.1) is 0 Å². The van der Waals surface area contributed by atoms with Gasteiger partial charge in [-0.2, -0.15) is 0 Å². The molecule has 1 fully saturated rings. The third kappa shape index (κ3) is 1.50. The van der Waals surface area contributed by atoms with Crippen LogP contribution in [0.4, 0.5) is 10.2 Å². The van der Waals surface area contributed by atoms with Gasteiger partial charge in [-0.1, -0.05) is 0 Å². The molecule has 7 nitrogen and oxygen atoms in total. The molecule has 8 heteroatoms. The molecule has 0 amide bonds. The van der Waals surface area contributed by atoms with Crippen molar-refractivity contribution in [2.24, 2.45) is 0 Å². The predicted molar refractivity (Wildman–Crippen MR) is 59.7 cm³/mol. The van der Waals surface area contributed by atoms with E-state index in [2.05, 4.69) is 15.0 Å². The molecule has 2 atom stereocenters. The Bertz CT molecular complexity index is 626. The summed E-state index contributed by atoms with van der Waals surface area (Å²) in [5, 5.41) is 9.56. The number of nitrogens with two attached hydrogens (primary N) is 1. The second-order valence-corrected chi connectivity index (χ2v) is 3.92. The SMILES string of the molecule is Nc1ncnc2c1ncn2[C@H]1C[C@H](O)/C(=C/F)O1. The van der Waals surface area contributed by atoms with E-state index in [1.165, 1.54) is 12.7 Å². The van der Waals surface area contributed by atoms with Gasteiger partial charge in [-0.05, 0) is 0 Å². The molecule has 3 N–H and O–H groups in total. The third-order valence-electron chi connectivity index (χ3n) is 2.83. The fourth-order valence-corrected chi connectivity index (χ4v) is 1.94. The molecule has 0 radical (unpaired) electrons. The highest BCUT2D eigenvalue weighted by molar-refractivity contribution is 5.81. The third-order valence-corrected chi connectivity index (χ3v) is 2.83. The highest BCUT2D eigenvalue weighted by Crippen LogP contribution is 2.33. The van der Waals surface area contributed by atoms with Gasteiger partial charge in [0, 0.05) is 6.42 Å². The summed E-state index contributed by atoms with van der Waals surface area (Å²) in [6.07, 6.45) is 1.76. The molecular formula is C10H10FN5O2. The fourth-order valence-electron chi connectivity index (χ4n) is 1.94. The second kappa shape index (κ2) is 3.91. The fraction of sp³-hybridized carbons (Fsp3) is 0.300. The Labute approximate surface area is 101 Å². The number of anilines is 1. The number of nitrogens with zero attached hydrogens (tertiary/aromatic N) is 4. The smallest absolute Gasteiger partial charge is 0.181 e. The Morgan fingerprint density at radius 3 is 3.06 bits per heavy atom. The molecule has 2 aromatic heterocycles. The lowest BCUT2D eigenvalue weighted by atomic mass is 10.2. The molecule has 1 aliphatic rings. The van der Waals surface area contributed by atoms with E-state index >= 15 is 0 Å². The van der Waals surface area contributed by atoms with Gasteiger partial charge in [-0.15, -0.1) is 0 Å². The Morgan fingerprint density at radius 1 is 1.50 bits per heavy atom. The Morgan fingerprint density at radius 2 is 2.33 bits per heavy atom. The first kappa shape index (κ1) is 10.9. The van der Waals surface area contributed by atoms with Crippen molar-refractivity contribution in [2.45, 2.75) is 18.8 Å². The van der Waals surface area contributed by atoms with E-state index in [9.17, 15) is 9.50 Å². The van der Waals surface area contributed by atoms with Crippen molar-refractivity contribution in [2.75, 3.05) is 5.73 Å². The van der Waals surface area contributed by atoms with Crippen LogP contribution >= 0.6 is 0 Å². The number of aromatic nitrogens is 4. The molecule has 18 heavy (non-hydrogen) atoms. The van der Waals surface area contributed by atoms with Gasteiger partial charge in [0.15, 0.2) is 23.5 Å². The Balaban J connectivity index is 2.04. The summed E-state index contributed by atoms with van der Waals surface area (Å²) in [6, 6.07) is 0. The number of halogens is 1. The first-order valence-electron chi connectivity index (χ1n) is 5.28. The first-order valence-corrected chi connectivity index (χ1v) is 5.28. The highest BCUT2D eigenvalue weighted by atomic mass is 19.1. The molecular weight excluding hydrogens is 241 g/mol. The summed E-state index contributed by atoms with van der Waals surface area (Å²) in [4.78, 5) is 12.0. The molecule has 1 aliphatic heterocycles. The molecule has 0 spiro atoms. The van der Waals surface area contributed by atoms with Crippen molar-refractivity contribution >= 4 is 17.0 Å². The van der Waals surface area contributed by atoms with Crippen molar-refractivity contribution in [3.63, 3.8) is 0 Å². The van der Waals surface area contributed by atoms with Crippen LogP contribution in [0.5, 0.6) is 0 Å². The molecule has 0 unspecified atom stereocenters. The summed E-state index contributed by atoms with van der Waals surface area (Å²) in [7, 11) is 0. The lowest BCUT2D eigenvalue weighted by molar-refractivity contribution is 0.0977. The number of hydrogen-bond acceptors (Lipinski definition) is 6. The van der Waals surface area contributed by atoms with Gasteiger partial charge < -0.3 is 15.6 Å². The predicted octanol–water partition coefficient (Wildman–Crippen LogP) is 0.499. The topological polar surface area (TPSA) is 99.1 Å². The number of nitrogen functional groups attached to an aromatic ring is 1. The highest BCUT2D eigenvalue weighted by Gasteiger charge is 2.32. The summed E-state index contributed by atoms with van der Waals surface area (Å²) in [6.45, 7) is 0. The van der Waals surface area contributed by atoms with E-state index in [4.69, 9.17) is 10.5 Å². The van der Waals surface area contributed by atoms with E-state index in [-0.39, 0.29) is 24.3 Å². The minimum absolute atomic E-state index is 0.0936. The van der Waals surface area contributed by atoms with Gasteiger partial charge >= 0.3 is 0 Å². The molecule has 0 bridgehead atoms. The number of hydrogen-bond donors (Lipinski definition) is 2. The lowest BCUT2D eigenvalue weighted by Crippen LogP contribution is -2.08. The maximum Gasteiger partial charge on any atom is 0.181 e. The van der Waals surface area contributed by atoms with Crippen molar-refractivity contribution in [1.82, 2.24) is 19.5 Å². The van der Waals surface area contributed by atoms with E-state index in [0.717, 1.165) is 0 Å². The van der Waals surface area contributed by atoms with Crippen molar-refractivity contribution in [1.29, 1.82) is 0 Å². The maximum atomic E-state index is 12.4. The van der Waals surface area contributed by atoms with Crippen LogP contribution in [-0.4, -0.2) is 30.7 Å². The number of aliphatic hydroxyl groups is 1. The molecule has 3 heterocycles. The van der Waals surface area contributed by atoms with Crippen LogP contribution in [0.3, 0.4) is 0 Å². The zero-order valence-corrected chi connectivity index (χ0v) is 9.19. The quantitative estimate of drug-likeness (QED) is 0.765. The maximum absolute atomic E-state index is 12.4. The number of rotatable bonds is 1. The largest absolute Gasteiger partial charge is 0.469 e. The molecule has 2 aromatic rings. The van der Waals surface area contributed by atoms with Crippen molar-refractivity contribution in [3.05, 3.63) is 24.7 Å². The normalized spacial score (nSPS) is 25.8. The summed E-state index contributed by atoms with van der Waals surface area (Å²) >= 11 is 0. The lowest BCUT2D eigenvalue weighted by Gasteiger charge is -2.11. The van der Waals surface area contributed by atoms with Crippen LogP contribution in [0, 0.1) is 0 Å². The standard InChI is InChI=1S/C10H10FN5O2/c11-2-6-5(17)1-7(18-6)16-4-15-8-9(12)13-3-14-10(8)16/h2-5,7,17H,1H2,(H2,12,13,14)/b6-2-/t5-,7+/m0/s1. The van der Waals surface area contributed by atoms with Gasteiger partial charge in [0.25, 0.3) is 0 Å². The minimum atomic E-state index is -0.961. The summed E-state index contributed by atoms with van der Waals surface area (Å²) < 4.78 is 19.3. The summed E-state index contributed by atoms with van der Waals surface area (Å²) in [5.74, 6) is 0.169. The average molecular weight is 251 g/mol. The molecule has 0 aliphatic carbocycles. The van der Waals surface area contributed by atoms with Crippen LogP contribution in [0.2, 0.25) is 0 Å². The Hall–Kier alpha value is -2.22. The molecule has 3 rings (SSSR count). The zero-order chi connectivity index (χ0) is 12.7. The van der Waals surface area contributed by atoms with Crippen LogP contribution in [0.1, 0.15) is 12.6 Å². The number of ether oxygens (including phenoxy) is 1. The van der Waals surface area contributed by atoms with Gasteiger partial charge in [-0.25, -0.2) is 19.3 Å². The van der Waals surface area contributed by atoms with Crippen LogP contribution < -0.4 is 5.73 Å². The number of fused-ring (bicyclic) bond motifs is 1. The van der Waals surface area contributed by atoms with Crippen LogP contribution in [0.15, 0.2) is 24.7 Å². The van der Waals surface area contributed by atoms with Crippen molar-refractivity contribution < 1.29 is 14.2 Å². The van der Waals surface area contributed by atoms with Gasteiger partial charge in [-0.3, -0.25) is 4.57 Å². The molecule has 94 valence electrons. The zero-order valence-electron chi connectivity index (χ0n) is 9.19. The van der Waals surface area contributed by atoms with Gasteiger partial charge in [0.1, 0.15) is 30.6 Å². The number of imidazole rings is 1. The number of aliphatic hydroxyl groups excluding tert-OH is 1. The van der Waals surface area contributed by atoms with Crippen molar-refractivity contribution in [3.8, 4) is 0 Å². The van der Waals surface area contributed by atoms with Crippen LogP contribution in [0.25, 0.3) is 11.2 Å². The average Bonchev–Trinajstić information content (AvgIpc) is 2.93. The van der Waals surface area contributed by atoms with Gasteiger partial charge in [0.2, 0.25) is 0 Å². The van der Waals surface area contributed by atoms with E-state index in [1.807, 2.05) is 0 Å². The second-order valence-electron chi connectivity index (χ2n) is 3.92. The first-order chi connectivity index (χ1) is 8.70. The molecule has 1 saturated heterocycles. The van der Waals surface area contributed by atoms with E-state index < -0.39 is 12.3 Å². The monoisotopic (exact) mass is 251 g/mol. The summed E-state index contributed by atoms with van der Waals surface area (Å²) in [5.41, 5.74) is 6.60. The van der Waals surface area contributed by atoms with E-state index in [0.29, 0.717) is 11.2 Å². The van der Waals surface area contributed by atoms with Crippen LogP contribution in [-0.2, 0) is 4.74 Å². The molecule has 0 saturated carbocycles. The Kier molecular flexibility index (Phi) is 2.37. The minimum Gasteiger partial charge on any atom is -0.469 e. The van der Waals surface area contributed by atoms with E-state index in [1.54, 1.807) is 4.57 Å².